The summed E-state index contributed by atoms with van der Waals surface area (Å²) in [6.45, 7) is 2.19. The third-order valence-electron chi connectivity index (χ3n) is 4.49. The van der Waals surface area contributed by atoms with Crippen LogP contribution in [0.15, 0.2) is 46.9 Å². The van der Waals surface area contributed by atoms with Gasteiger partial charge < -0.3 is 9.32 Å². The lowest BCUT2D eigenvalue weighted by Crippen LogP contribution is -2.27. The van der Waals surface area contributed by atoms with Crippen LogP contribution in [0.1, 0.15) is 16.9 Å². The number of aromatic nitrogens is 1. The van der Waals surface area contributed by atoms with Gasteiger partial charge in [-0.25, -0.2) is 9.71 Å². The summed E-state index contributed by atoms with van der Waals surface area (Å²) in [6, 6.07) is 10.2. The summed E-state index contributed by atoms with van der Waals surface area (Å²) in [4.78, 5) is 17.4. The van der Waals surface area contributed by atoms with Crippen molar-refractivity contribution in [3.63, 3.8) is 0 Å². The summed E-state index contributed by atoms with van der Waals surface area (Å²) in [6.07, 6.45) is 2.50. The fourth-order valence-electron chi connectivity index (χ4n) is 2.77. The molecule has 2 aromatic heterocycles. The minimum absolute atomic E-state index is 0.0454. The van der Waals surface area contributed by atoms with Crippen molar-refractivity contribution in [2.75, 3.05) is 18.8 Å². The van der Waals surface area contributed by atoms with Crippen LogP contribution in [0.5, 0.6) is 0 Å². The van der Waals surface area contributed by atoms with Crippen LogP contribution in [0.4, 0.5) is 10.2 Å². The SMILES string of the molecule is CNS(=O)(=O)Nc1ccc(/C=C/C(=O)N(C)Cc2oc3ccccc3c2C)c(F)n1. The number of nitrogens with zero attached hydrogens (tertiary/aromatic N) is 2. The molecule has 10 heteroatoms. The summed E-state index contributed by atoms with van der Waals surface area (Å²) < 4.78 is 46.9. The van der Waals surface area contributed by atoms with Crippen molar-refractivity contribution in [3.05, 3.63) is 65.3 Å². The molecule has 3 rings (SSSR count). The maximum atomic E-state index is 14.1. The van der Waals surface area contributed by atoms with E-state index in [0.29, 0.717) is 5.76 Å². The molecule has 30 heavy (non-hydrogen) atoms. The molecule has 2 heterocycles. The first-order chi connectivity index (χ1) is 14.2. The van der Waals surface area contributed by atoms with Crippen LogP contribution in [0.3, 0.4) is 0 Å². The standard InChI is InChI=1S/C20H21FN4O4S/c1-13-15-6-4-5-7-16(15)29-17(13)12-25(3)19(26)11-9-14-8-10-18(23-20(14)21)24-30(27,28)22-2/h4-11,22H,12H2,1-3H3,(H,23,24)/b11-9+. The predicted octanol–water partition coefficient (Wildman–Crippen LogP) is 2.82. The number of hydrogen-bond donors (Lipinski definition) is 2. The summed E-state index contributed by atoms with van der Waals surface area (Å²) in [5, 5.41) is 0.992. The van der Waals surface area contributed by atoms with E-state index in [-0.39, 0.29) is 23.8 Å². The Morgan fingerprint density at radius 2 is 2.00 bits per heavy atom. The molecule has 1 aromatic carbocycles. The van der Waals surface area contributed by atoms with Gasteiger partial charge in [0.2, 0.25) is 11.9 Å². The van der Waals surface area contributed by atoms with Crippen LogP contribution in [0.2, 0.25) is 0 Å². The number of benzene rings is 1. The van der Waals surface area contributed by atoms with Crippen LogP contribution in [-0.2, 0) is 21.5 Å². The summed E-state index contributed by atoms with van der Waals surface area (Å²) in [7, 11) is -0.971. The number of rotatable bonds is 7. The number of fused-ring (bicyclic) bond motifs is 1. The molecule has 158 valence electrons. The highest BCUT2D eigenvalue weighted by Crippen LogP contribution is 2.25. The molecule has 0 unspecified atom stereocenters. The number of carbonyl (C=O) groups is 1. The van der Waals surface area contributed by atoms with Gasteiger partial charge in [-0.05, 0) is 31.2 Å². The summed E-state index contributed by atoms with van der Waals surface area (Å²) in [5.74, 6) is -0.766. The van der Waals surface area contributed by atoms with Crippen LogP contribution in [-0.4, -0.2) is 38.3 Å². The molecule has 0 spiro atoms. The molecule has 0 aliphatic heterocycles. The molecule has 8 nitrogen and oxygen atoms in total. The molecule has 2 N–H and O–H groups in total. The maximum Gasteiger partial charge on any atom is 0.300 e. The Balaban J connectivity index is 1.69. The second kappa shape index (κ2) is 8.64. The van der Waals surface area contributed by atoms with E-state index in [1.165, 1.54) is 36.2 Å². The molecule has 0 fully saturated rings. The van der Waals surface area contributed by atoms with Gasteiger partial charge in [-0.3, -0.25) is 9.52 Å². The first-order valence-electron chi connectivity index (χ1n) is 8.98. The number of para-hydroxylation sites is 1. The van der Waals surface area contributed by atoms with Gasteiger partial charge in [0.05, 0.1) is 6.54 Å². The van der Waals surface area contributed by atoms with E-state index in [1.807, 2.05) is 35.9 Å². The molecule has 1 amide bonds. The van der Waals surface area contributed by atoms with E-state index in [4.69, 9.17) is 4.42 Å². The zero-order valence-corrected chi connectivity index (χ0v) is 17.5. The number of pyridine rings is 1. The smallest absolute Gasteiger partial charge is 0.300 e. The average Bonchev–Trinajstić information content (AvgIpc) is 3.02. The molecule has 0 saturated heterocycles. The van der Waals surface area contributed by atoms with Crippen LogP contribution in [0, 0.1) is 12.9 Å². The number of halogens is 1. The number of aryl methyl sites for hydroxylation is 1. The Morgan fingerprint density at radius 1 is 1.27 bits per heavy atom. The fraction of sp³-hybridized carbons (Fsp3) is 0.200. The highest BCUT2D eigenvalue weighted by Gasteiger charge is 2.15. The van der Waals surface area contributed by atoms with Crippen molar-refractivity contribution >= 4 is 39.0 Å². The van der Waals surface area contributed by atoms with Crippen molar-refractivity contribution < 1.29 is 22.0 Å². The molecule has 0 bridgehead atoms. The molecule has 0 radical (unpaired) electrons. The Bertz CT molecular complexity index is 1220. The zero-order chi connectivity index (χ0) is 21.9. The lowest BCUT2D eigenvalue weighted by Gasteiger charge is -2.14. The largest absolute Gasteiger partial charge is 0.459 e. The van der Waals surface area contributed by atoms with Crippen molar-refractivity contribution in [2.24, 2.45) is 0 Å². The number of carbonyl (C=O) groups excluding carboxylic acids is 1. The van der Waals surface area contributed by atoms with E-state index in [0.717, 1.165) is 16.5 Å². The third kappa shape index (κ3) is 4.84. The van der Waals surface area contributed by atoms with E-state index >= 15 is 0 Å². The Morgan fingerprint density at radius 3 is 2.67 bits per heavy atom. The number of nitrogens with one attached hydrogen (secondary N) is 2. The van der Waals surface area contributed by atoms with Crippen molar-refractivity contribution in [3.8, 4) is 0 Å². The number of amides is 1. The Labute approximate surface area is 173 Å². The highest BCUT2D eigenvalue weighted by molar-refractivity contribution is 7.90. The number of likely N-dealkylation sites (N-methyl/N-ethyl adjacent to an activating group) is 1. The fourth-order valence-corrected chi connectivity index (χ4v) is 3.26. The van der Waals surface area contributed by atoms with Gasteiger partial charge in [-0.15, -0.1) is 0 Å². The van der Waals surface area contributed by atoms with Gasteiger partial charge in [-0.2, -0.15) is 12.8 Å². The molecule has 3 aromatic rings. The van der Waals surface area contributed by atoms with E-state index in [1.54, 1.807) is 7.05 Å². The summed E-state index contributed by atoms with van der Waals surface area (Å²) in [5.41, 5.74) is 1.76. The predicted molar refractivity (Wildman–Crippen MR) is 112 cm³/mol. The van der Waals surface area contributed by atoms with Crippen LogP contribution < -0.4 is 9.44 Å². The number of hydrogen-bond acceptors (Lipinski definition) is 5. The number of anilines is 1. The first kappa shape index (κ1) is 21.5. The average molecular weight is 432 g/mol. The van der Waals surface area contributed by atoms with Crippen LogP contribution in [0.25, 0.3) is 17.0 Å². The minimum Gasteiger partial charge on any atom is -0.459 e. The van der Waals surface area contributed by atoms with Gasteiger partial charge >= 0.3 is 0 Å². The molecule has 0 saturated carbocycles. The quantitative estimate of drug-likeness (QED) is 0.441. The van der Waals surface area contributed by atoms with Gasteiger partial charge in [0, 0.05) is 36.7 Å². The van der Waals surface area contributed by atoms with Crippen LogP contribution >= 0.6 is 0 Å². The number of furan rings is 1. The third-order valence-corrected chi connectivity index (χ3v) is 5.51. The summed E-state index contributed by atoms with van der Waals surface area (Å²) >= 11 is 0. The van der Waals surface area contributed by atoms with Crippen molar-refractivity contribution in [1.82, 2.24) is 14.6 Å². The second-order valence-corrected chi connectivity index (χ2v) is 8.18. The van der Waals surface area contributed by atoms with E-state index in [2.05, 4.69) is 9.71 Å². The monoisotopic (exact) mass is 432 g/mol. The van der Waals surface area contributed by atoms with Gasteiger partial charge in [0.1, 0.15) is 17.2 Å². The normalized spacial score (nSPS) is 11.9. The second-order valence-electron chi connectivity index (χ2n) is 6.56. The Hall–Kier alpha value is -3.24. The first-order valence-corrected chi connectivity index (χ1v) is 10.5. The zero-order valence-electron chi connectivity index (χ0n) is 16.6. The van der Waals surface area contributed by atoms with Gasteiger partial charge in [0.15, 0.2) is 0 Å². The Kier molecular flexibility index (Phi) is 6.18. The lowest BCUT2D eigenvalue weighted by molar-refractivity contribution is -0.125. The molecule has 0 atom stereocenters. The molecule has 0 aliphatic rings. The maximum absolute atomic E-state index is 14.1. The van der Waals surface area contributed by atoms with Gasteiger partial charge in [0.25, 0.3) is 10.2 Å². The minimum atomic E-state index is -3.80. The van der Waals surface area contributed by atoms with E-state index < -0.39 is 16.2 Å². The van der Waals surface area contributed by atoms with Crippen molar-refractivity contribution in [2.45, 2.75) is 13.5 Å². The lowest BCUT2D eigenvalue weighted by atomic mass is 10.1. The van der Waals surface area contributed by atoms with Gasteiger partial charge in [-0.1, -0.05) is 18.2 Å². The highest BCUT2D eigenvalue weighted by atomic mass is 32.2. The van der Waals surface area contributed by atoms with E-state index in [9.17, 15) is 17.6 Å². The van der Waals surface area contributed by atoms with Crippen molar-refractivity contribution in [1.29, 1.82) is 0 Å². The molecule has 0 aliphatic carbocycles. The molecular weight excluding hydrogens is 411 g/mol. The topological polar surface area (TPSA) is 105 Å². The molecular formula is C20H21FN4O4S.